The third-order valence-electron chi connectivity index (χ3n) is 8.76. The van der Waals surface area contributed by atoms with Crippen molar-refractivity contribution >= 4 is 30.0 Å². The van der Waals surface area contributed by atoms with Crippen molar-refractivity contribution in [3.05, 3.63) is 144 Å². The Morgan fingerprint density at radius 3 is 1.36 bits per heavy atom. The molecule has 1 aliphatic carbocycles. The fraction of sp³-hybridized carbons (Fsp3) is 0.293. The zero-order valence-electron chi connectivity index (χ0n) is 28.7. The minimum absolute atomic E-state index is 0.126. The highest BCUT2D eigenvalue weighted by atomic mass is 16.8. The van der Waals surface area contributed by atoms with Crippen molar-refractivity contribution in [1.29, 1.82) is 0 Å². The van der Waals surface area contributed by atoms with Crippen molar-refractivity contribution in [2.45, 2.75) is 68.9 Å². The number of hydrogen-bond acceptors (Lipinski definition) is 12. The molecule has 0 aromatic heterocycles. The smallest absolute Gasteiger partial charge is 0.459 e. The first-order valence-corrected chi connectivity index (χ1v) is 17.4. The molecule has 2 aliphatic rings. The molecule has 0 spiro atoms. The van der Waals surface area contributed by atoms with Crippen LogP contribution < -0.4 is 0 Å². The summed E-state index contributed by atoms with van der Waals surface area (Å²) in [6.45, 7) is -0.559. The van der Waals surface area contributed by atoms with E-state index in [-0.39, 0.29) is 22.3 Å². The monoisotopic (exact) mass is 722 g/mol. The quantitative estimate of drug-likeness (QED) is 0.119. The second-order valence-electron chi connectivity index (χ2n) is 12.5. The lowest BCUT2D eigenvalue weighted by molar-refractivity contribution is -0.287. The van der Waals surface area contributed by atoms with E-state index in [0.29, 0.717) is 12.8 Å². The molecule has 0 N–H and O–H groups in total. The Kier molecular flexibility index (Phi) is 12.5. The molecule has 1 saturated carbocycles. The normalized spacial score (nSPS) is 21.3. The summed E-state index contributed by atoms with van der Waals surface area (Å²) in [5.74, 6) is -3.32. The number of carbonyl (C=O) groups is 5. The van der Waals surface area contributed by atoms with Crippen LogP contribution in [0, 0.1) is 0 Å². The van der Waals surface area contributed by atoms with E-state index in [1.807, 2.05) is 0 Å². The summed E-state index contributed by atoms with van der Waals surface area (Å²) in [6, 6.07) is 32.1. The second kappa shape index (κ2) is 18.0. The van der Waals surface area contributed by atoms with Crippen LogP contribution in [0.2, 0.25) is 0 Å². The maximum absolute atomic E-state index is 13.7. The molecular formula is C41H38O12. The van der Waals surface area contributed by atoms with Crippen molar-refractivity contribution in [2.24, 2.45) is 0 Å². The highest BCUT2D eigenvalue weighted by Gasteiger charge is 2.55. The predicted molar refractivity (Wildman–Crippen MR) is 187 cm³/mol. The van der Waals surface area contributed by atoms with Gasteiger partial charge in [-0.1, -0.05) is 79.2 Å². The van der Waals surface area contributed by atoms with Gasteiger partial charge in [-0.3, -0.25) is 0 Å². The fourth-order valence-electron chi connectivity index (χ4n) is 6.06. The number of ether oxygens (including phenoxy) is 7. The highest BCUT2D eigenvalue weighted by Crippen LogP contribution is 2.32. The van der Waals surface area contributed by atoms with Gasteiger partial charge in [-0.15, -0.1) is 0 Å². The molecule has 1 saturated heterocycles. The largest absolute Gasteiger partial charge is 0.511 e. The van der Waals surface area contributed by atoms with Crippen LogP contribution in [-0.2, 0) is 33.2 Å². The molecule has 5 atom stereocenters. The van der Waals surface area contributed by atoms with Gasteiger partial charge in [0.15, 0.2) is 12.2 Å². The first kappa shape index (κ1) is 36.8. The SMILES string of the molecule is O=C(OC1CCCCC1)O[C@@H]1O[C@H](COC(=O)c2ccccc2)[C@@H](OC(=O)c2ccccc2)[C@H](OC(=O)c2ccccc2)[C@H]1OC(=O)c1ccccc1. The van der Waals surface area contributed by atoms with Crippen LogP contribution in [0.4, 0.5) is 4.79 Å². The Balaban J connectivity index is 1.38. The Bertz CT molecular complexity index is 1830. The summed E-state index contributed by atoms with van der Waals surface area (Å²) in [5.41, 5.74) is 0.627. The first-order valence-electron chi connectivity index (χ1n) is 17.4. The van der Waals surface area contributed by atoms with Crippen LogP contribution in [0.25, 0.3) is 0 Å². The van der Waals surface area contributed by atoms with E-state index < -0.39 is 73.4 Å². The van der Waals surface area contributed by atoms with Gasteiger partial charge in [-0.2, -0.15) is 0 Å². The van der Waals surface area contributed by atoms with Gasteiger partial charge in [-0.25, -0.2) is 24.0 Å². The average molecular weight is 723 g/mol. The third kappa shape index (κ3) is 9.86. The van der Waals surface area contributed by atoms with Gasteiger partial charge in [-0.05, 0) is 74.2 Å². The Morgan fingerprint density at radius 2 is 0.887 bits per heavy atom. The second-order valence-corrected chi connectivity index (χ2v) is 12.5. The Labute approximate surface area is 305 Å². The number of hydrogen-bond donors (Lipinski definition) is 0. The Hall–Kier alpha value is -6.01. The van der Waals surface area contributed by atoms with E-state index >= 15 is 0 Å². The lowest BCUT2D eigenvalue weighted by atomic mass is 9.97. The Morgan fingerprint density at radius 1 is 0.472 bits per heavy atom. The third-order valence-corrected chi connectivity index (χ3v) is 8.76. The molecule has 4 aromatic rings. The van der Waals surface area contributed by atoms with Crippen LogP contribution in [-0.4, -0.2) is 73.4 Å². The molecule has 12 nitrogen and oxygen atoms in total. The van der Waals surface area contributed by atoms with Crippen LogP contribution in [0.3, 0.4) is 0 Å². The number of esters is 4. The lowest BCUT2D eigenvalue weighted by Gasteiger charge is -2.43. The van der Waals surface area contributed by atoms with E-state index in [1.165, 1.54) is 36.4 Å². The molecule has 0 amide bonds. The molecular weight excluding hydrogens is 684 g/mol. The number of carbonyl (C=O) groups excluding carboxylic acids is 5. The summed E-state index contributed by atoms with van der Waals surface area (Å²) in [4.78, 5) is 67.3. The zero-order chi connectivity index (χ0) is 37.0. The summed E-state index contributed by atoms with van der Waals surface area (Å²) in [6.07, 6.45) is -5.61. The van der Waals surface area contributed by atoms with Crippen molar-refractivity contribution in [2.75, 3.05) is 6.61 Å². The molecule has 1 heterocycles. The molecule has 2 fully saturated rings. The minimum atomic E-state index is -1.78. The molecule has 0 unspecified atom stereocenters. The van der Waals surface area contributed by atoms with Crippen LogP contribution in [0.5, 0.6) is 0 Å². The molecule has 1 aliphatic heterocycles. The molecule has 12 heteroatoms. The van der Waals surface area contributed by atoms with Gasteiger partial charge >= 0.3 is 30.0 Å². The maximum atomic E-state index is 13.7. The van der Waals surface area contributed by atoms with Crippen molar-refractivity contribution in [3.63, 3.8) is 0 Å². The van der Waals surface area contributed by atoms with E-state index in [9.17, 15) is 24.0 Å². The summed E-state index contributed by atoms with van der Waals surface area (Å²) >= 11 is 0. The summed E-state index contributed by atoms with van der Waals surface area (Å²) in [5, 5.41) is 0. The van der Waals surface area contributed by atoms with Gasteiger partial charge in [0.05, 0.1) is 22.3 Å². The van der Waals surface area contributed by atoms with Gasteiger partial charge in [0.25, 0.3) is 0 Å². The number of rotatable bonds is 11. The van der Waals surface area contributed by atoms with Gasteiger partial charge in [0.1, 0.15) is 18.8 Å². The van der Waals surface area contributed by atoms with E-state index in [0.717, 1.165) is 19.3 Å². The van der Waals surface area contributed by atoms with Crippen LogP contribution in [0.15, 0.2) is 121 Å². The average Bonchev–Trinajstić information content (AvgIpc) is 3.20. The maximum Gasteiger partial charge on any atom is 0.511 e. The molecule has 6 rings (SSSR count). The zero-order valence-corrected chi connectivity index (χ0v) is 28.7. The van der Waals surface area contributed by atoms with Crippen LogP contribution >= 0.6 is 0 Å². The van der Waals surface area contributed by atoms with Crippen LogP contribution in [0.1, 0.15) is 73.5 Å². The predicted octanol–water partition coefficient (Wildman–Crippen LogP) is 6.73. The molecule has 4 aromatic carbocycles. The van der Waals surface area contributed by atoms with E-state index in [1.54, 1.807) is 84.9 Å². The van der Waals surface area contributed by atoms with E-state index in [4.69, 9.17) is 33.2 Å². The fourth-order valence-corrected chi connectivity index (χ4v) is 6.06. The highest BCUT2D eigenvalue weighted by molar-refractivity contribution is 5.91. The minimum Gasteiger partial charge on any atom is -0.459 e. The topological polar surface area (TPSA) is 150 Å². The van der Waals surface area contributed by atoms with Gasteiger partial charge in [0, 0.05) is 0 Å². The molecule has 274 valence electrons. The first-order chi connectivity index (χ1) is 25.9. The molecule has 53 heavy (non-hydrogen) atoms. The van der Waals surface area contributed by atoms with Crippen molar-refractivity contribution < 1.29 is 57.1 Å². The van der Waals surface area contributed by atoms with Crippen molar-refractivity contribution in [1.82, 2.24) is 0 Å². The summed E-state index contributed by atoms with van der Waals surface area (Å²) < 4.78 is 41.0. The summed E-state index contributed by atoms with van der Waals surface area (Å²) in [7, 11) is 0. The molecule has 0 bridgehead atoms. The number of benzene rings is 4. The van der Waals surface area contributed by atoms with E-state index in [2.05, 4.69) is 0 Å². The van der Waals surface area contributed by atoms with Gasteiger partial charge in [0.2, 0.25) is 12.4 Å². The lowest BCUT2D eigenvalue weighted by Crippen LogP contribution is -2.63. The van der Waals surface area contributed by atoms with Gasteiger partial charge < -0.3 is 33.2 Å². The standard InChI is InChI=1S/C41H38O12/c42-36(27-16-6-1-7-17-27)47-26-32-33(50-37(43)28-18-8-2-9-19-28)34(51-38(44)29-20-10-3-11-21-29)35(52-39(45)30-22-12-4-13-23-30)40(49-32)53-41(46)48-31-24-14-5-15-25-31/h1-4,6-13,16-23,31-35,40H,5,14-15,24-26H2/t32-,33-,34+,35-,40+/m1/s1. The molecule has 0 radical (unpaired) electrons. The van der Waals surface area contributed by atoms with Crippen molar-refractivity contribution in [3.8, 4) is 0 Å².